The van der Waals surface area contributed by atoms with Gasteiger partial charge < -0.3 is 14.6 Å². The van der Waals surface area contributed by atoms with Gasteiger partial charge in [0.15, 0.2) is 0 Å². The van der Waals surface area contributed by atoms with E-state index in [2.05, 4.69) is 22.5 Å². The number of ether oxygens (including phenoxy) is 1. The van der Waals surface area contributed by atoms with Gasteiger partial charge in [0.1, 0.15) is 12.4 Å². The summed E-state index contributed by atoms with van der Waals surface area (Å²) in [5.74, 6) is 1.19. The molecule has 1 N–H and O–H groups in total. The SMILES string of the molecule is O=C(C[C@@H]1C=CCC1)Nc1cccc(OCCn2ccnc2)c1. The average Bonchev–Trinajstić information content (AvgIpc) is 3.21. The molecule has 1 atom stereocenters. The van der Waals surface area contributed by atoms with Gasteiger partial charge in [-0.25, -0.2) is 4.98 Å². The molecule has 23 heavy (non-hydrogen) atoms. The maximum absolute atomic E-state index is 12.1. The van der Waals surface area contributed by atoms with Crippen LogP contribution in [0.25, 0.3) is 0 Å². The molecule has 1 aliphatic carbocycles. The first-order valence-corrected chi connectivity index (χ1v) is 7.95. The number of benzene rings is 1. The molecule has 5 heteroatoms. The van der Waals surface area contributed by atoms with Gasteiger partial charge in [-0.05, 0) is 30.9 Å². The van der Waals surface area contributed by atoms with Crippen molar-refractivity contribution in [1.29, 1.82) is 0 Å². The van der Waals surface area contributed by atoms with Crippen LogP contribution in [0.1, 0.15) is 19.3 Å². The van der Waals surface area contributed by atoms with E-state index in [1.807, 2.05) is 35.0 Å². The lowest BCUT2D eigenvalue weighted by Crippen LogP contribution is -2.14. The fourth-order valence-electron chi connectivity index (χ4n) is 2.67. The highest BCUT2D eigenvalue weighted by atomic mass is 16.5. The van der Waals surface area contributed by atoms with E-state index in [1.165, 1.54) is 0 Å². The van der Waals surface area contributed by atoms with Gasteiger partial charge in [-0.15, -0.1) is 0 Å². The van der Waals surface area contributed by atoms with Crippen molar-refractivity contribution < 1.29 is 9.53 Å². The Labute approximate surface area is 136 Å². The van der Waals surface area contributed by atoms with Gasteiger partial charge in [-0.3, -0.25) is 4.79 Å². The van der Waals surface area contributed by atoms with Crippen molar-refractivity contribution in [2.45, 2.75) is 25.8 Å². The third-order valence-corrected chi connectivity index (χ3v) is 3.86. The lowest BCUT2D eigenvalue weighted by molar-refractivity contribution is -0.116. The molecular weight excluding hydrogens is 290 g/mol. The van der Waals surface area contributed by atoms with Crippen molar-refractivity contribution in [3.8, 4) is 5.75 Å². The second kappa shape index (κ2) is 7.63. The number of amides is 1. The number of carbonyl (C=O) groups excluding carboxylic acids is 1. The van der Waals surface area contributed by atoms with E-state index >= 15 is 0 Å². The average molecular weight is 311 g/mol. The smallest absolute Gasteiger partial charge is 0.224 e. The number of hydrogen-bond donors (Lipinski definition) is 1. The highest BCUT2D eigenvalue weighted by molar-refractivity contribution is 5.91. The van der Waals surface area contributed by atoms with Crippen molar-refractivity contribution in [3.05, 3.63) is 55.1 Å². The molecular formula is C18H21N3O2. The van der Waals surface area contributed by atoms with E-state index in [0.717, 1.165) is 30.8 Å². The summed E-state index contributed by atoms with van der Waals surface area (Å²) in [6.07, 6.45) is 12.4. The molecule has 0 aliphatic heterocycles. The molecule has 1 aliphatic rings. The Balaban J connectivity index is 1.48. The lowest BCUT2D eigenvalue weighted by atomic mass is 10.1. The molecule has 0 bridgehead atoms. The van der Waals surface area contributed by atoms with Crippen LogP contribution in [-0.4, -0.2) is 22.1 Å². The Morgan fingerprint density at radius 2 is 2.39 bits per heavy atom. The van der Waals surface area contributed by atoms with E-state index < -0.39 is 0 Å². The number of nitrogens with zero attached hydrogens (tertiary/aromatic N) is 2. The third kappa shape index (κ3) is 4.71. The number of hydrogen-bond acceptors (Lipinski definition) is 3. The molecule has 1 aromatic heterocycles. The summed E-state index contributed by atoms with van der Waals surface area (Å²) < 4.78 is 7.68. The summed E-state index contributed by atoms with van der Waals surface area (Å²) in [7, 11) is 0. The van der Waals surface area contributed by atoms with Gasteiger partial charge >= 0.3 is 0 Å². The molecule has 2 aromatic rings. The van der Waals surface area contributed by atoms with Gasteiger partial charge in [0.25, 0.3) is 0 Å². The summed E-state index contributed by atoms with van der Waals surface area (Å²) in [4.78, 5) is 16.0. The standard InChI is InChI=1S/C18H21N3O2/c22-18(12-15-4-1-2-5-15)20-16-6-3-7-17(13-16)23-11-10-21-9-8-19-14-21/h1,3-4,6-9,13-15H,2,5,10-12H2,(H,20,22)/t15-/m1/s1. The van der Waals surface area contributed by atoms with Crippen molar-refractivity contribution in [3.63, 3.8) is 0 Å². The van der Waals surface area contributed by atoms with Gasteiger partial charge in [-0.1, -0.05) is 18.2 Å². The first-order chi connectivity index (χ1) is 11.3. The molecule has 0 spiro atoms. The molecule has 0 radical (unpaired) electrons. The van der Waals surface area contributed by atoms with E-state index in [-0.39, 0.29) is 5.91 Å². The largest absolute Gasteiger partial charge is 0.492 e. The minimum atomic E-state index is 0.0529. The van der Waals surface area contributed by atoms with Gasteiger partial charge in [0.05, 0.1) is 12.9 Å². The van der Waals surface area contributed by atoms with Crippen LogP contribution in [0, 0.1) is 5.92 Å². The van der Waals surface area contributed by atoms with Crippen LogP contribution in [0.4, 0.5) is 5.69 Å². The maximum atomic E-state index is 12.1. The quantitative estimate of drug-likeness (QED) is 0.799. The molecule has 3 rings (SSSR count). The maximum Gasteiger partial charge on any atom is 0.224 e. The van der Waals surface area contributed by atoms with Gasteiger partial charge in [0.2, 0.25) is 5.91 Å². The molecule has 0 saturated carbocycles. The highest BCUT2D eigenvalue weighted by Crippen LogP contribution is 2.22. The van der Waals surface area contributed by atoms with E-state index in [1.54, 1.807) is 12.5 Å². The fraction of sp³-hybridized carbons (Fsp3) is 0.333. The summed E-state index contributed by atoms with van der Waals surface area (Å²) >= 11 is 0. The van der Waals surface area contributed by atoms with Crippen molar-refractivity contribution in [2.75, 3.05) is 11.9 Å². The van der Waals surface area contributed by atoms with Crippen LogP contribution < -0.4 is 10.1 Å². The van der Waals surface area contributed by atoms with E-state index in [0.29, 0.717) is 18.9 Å². The molecule has 1 amide bonds. The van der Waals surface area contributed by atoms with Crippen LogP contribution in [0.2, 0.25) is 0 Å². The Morgan fingerprint density at radius 1 is 1.43 bits per heavy atom. The molecule has 0 saturated heterocycles. The van der Waals surface area contributed by atoms with E-state index in [4.69, 9.17) is 4.74 Å². The minimum absolute atomic E-state index is 0.0529. The fourth-order valence-corrected chi connectivity index (χ4v) is 2.67. The third-order valence-electron chi connectivity index (χ3n) is 3.86. The number of aromatic nitrogens is 2. The van der Waals surface area contributed by atoms with Crippen molar-refractivity contribution in [2.24, 2.45) is 5.92 Å². The summed E-state index contributed by atoms with van der Waals surface area (Å²) in [5, 5.41) is 2.95. The van der Waals surface area contributed by atoms with Gasteiger partial charge in [0, 0.05) is 30.6 Å². The summed E-state index contributed by atoms with van der Waals surface area (Å²) in [6.45, 7) is 1.30. The normalized spacial score (nSPS) is 16.4. The Bertz CT molecular complexity index is 665. The number of imidazole rings is 1. The molecule has 120 valence electrons. The minimum Gasteiger partial charge on any atom is -0.492 e. The van der Waals surface area contributed by atoms with Crippen LogP contribution in [-0.2, 0) is 11.3 Å². The topological polar surface area (TPSA) is 56.1 Å². The second-order valence-corrected chi connectivity index (χ2v) is 5.69. The Hall–Kier alpha value is -2.56. The van der Waals surface area contributed by atoms with Crippen LogP contribution in [0.3, 0.4) is 0 Å². The number of nitrogens with one attached hydrogen (secondary N) is 1. The highest BCUT2D eigenvalue weighted by Gasteiger charge is 2.14. The number of anilines is 1. The molecule has 0 fully saturated rings. The molecule has 1 aromatic carbocycles. The zero-order chi connectivity index (χ0) is 15.9. The Morgan fingerprint density at radius 3 is 3.17 bits per heavy atom. The van der Waals surface area contributed by atoms with Crippen LogP contribution >= 0.6 is 0 Å². The van der Waals surface area contributed by atoms with Gasteiger partial charge in [-0.2, -0.15) is 0 Å². The number of allylic oxidation sites excluding steroid dienone is 2. The zero-order valence-electron chi connectivity index (χ0n) is 13.0. The number of rotatable bonds is 7. The monoisotopic (exact) mass is 311 g/mol. The van der Waals surface area contributed by atoms with Crippen LogP contribution in [0.5, 0.6) is 5.75 Å². The second-order valence-electron chi connectivity index (χ2n) is 5.69. The lowest BCUT2D eigenvalue weighted by Gasteiger charge is -2.11. The predicted molar refractivity (Wildman–Crippen MR) is 89.3 cm³/mol. The Kier molecular flexibility index (Phi) is 5.09. The zero-order valence-corrected chi connectivity index (χ0v) is 13.0. The first kappa shape index (κ1) is 15.3. The predicted octanol–water partition coefficient (Wildman–Crippen LogP) is 3.26. The first-order valence-electron chi connectivity index (χ1n) is 7.95. The van der Waals surface area contributed by atoms with E-state index in [9.17, 15) is 4.79 Å². The summed E-state index contributed by atoms with van der Waals surface area (Å²) in [5.41, 5.74) is 0.775. The molecule has 0 unspecified atom stereocenters. The van der Waals surface area contributed by atoms with Crippen molar-refractivity contribution >= 4 is 11.6 Å². The molecule has 1 heterocycles. The molecule has 5 nitrogen and oxygen atoms in total. The number of carbonyl (C=O) groups is 1. The van der Waals surface area contributed by atoms with Crippen molar-refractivity contribution in [1.82, 2.24) is 9.55 Å². The summed E-state index contributed by atoms with van der Waals surface area (Å²) in [6, 6.07) is 7.52. The van der Waals surface area contributed by atoms with Crippen LogP contribution in [0.15, 0.2) is 55.1 Å².